The number of hydrogen-bond acceptors (Lipinski definition) is 5. The van der Waals surface area contributed by atoms with Gasteiger partial charge < -0.3 is 14.2 Å². The molecular weight excluding hydrogens is 270 g/mol. The highest BCUT2D eigenvalue weighted by Crippen LogP contribution is 2.36. The Kier molecular flexibility index (Phi) is 3.76. The van der Waals surface area contributed by atoms with Crippen LogP contribution in [0.2, 0.25) is 0 Å². The van der Waals surface area contributed by atoms with E-state index < -0.39 is 5.54 Å². The van der Waals surface area contributed by atoms with Crippen LogP contribution in [0.1, 0.15) is 25.3 Å². The average molecular weight is 291 g/mol. The molecule has 1 saturated carbocycles. The Morgan fingerprint density at radius 1 is 1.33 bits per heavy atom. The lowest BCUT2D eigenvalue weighted by Gasteiger charge is -2.30. The normalized spacial score (nSPS) is 19.7. The largest absolute Gasteiger partial charge is 0.486 e. The molecule has 1 aromatic rings. The van der Waals surface area contributed by atoms with E-state index in [2.05, 4.69) is 5.32 Å². The molecule has 21 heavy (non-hydrogen) atoms. The van der Waals surface area contributed by atoms with Gasteiger partial charge in [-0.05, 0) is 49.9 Å². The van der Waals surface area contributed by atoms with Gasteiger partial charge in [-0.25, -0.2) is 4.79 Å². The van der Waals surface area contributed by atoms with Crippen LogP contribution in [0.3, 0.4) is 0 Å². The summed E-state index contributed by atoms with van der Waals surface area (Å²) in [7, 11) is 1.41. The quantitative estimate of drug-likeness (QED) is 0.839. The second-order valence-electron chi connectivity index (χ2n) is 5.80. The zero-order valence-electron chi connectivity index (χ0n) is 12.5. The fraction of sp³-hybridized carbons (Fsp3) is 0.562. The van der Waals surface area contributed by atoms with E-state index in [0.717, 1.165) is 17.9 Å². The number of rotatable bonds is 5. The zero-order chi connectivity index (χ0) is 14.9. The van der Waals surface area contributed by atoms with E-state index in [-0.39, 0.29) is 5.97 Å². The summed E-state index contributed by atoms with van der Waals surface area (Å²) in [6.45, 7) is 3.76. The molecule has 3 rings (SSSR count). The van der Waals surface area contributed by atoms with Crippen LogP contribution in [0.25, 0.3) is 0 Å². The van der Waals surface area contributed by atoms with Crippen molar-refractivity contribution in [2.75, 3.05) is 26.9 Å². The van der Waals surface area contributed by atoms with Gasteiger partial charge in [-0.1, -0.05) is 6.07 Å². The average Bonchev–Trinajstić information content (AvgIpc) is 3.35. The number of methoxy groups -OCH3 is 1. The lowest BCUT2D eigenvalue weighted by molar-refractivity contribution is -0.148. The smallest absolute Gasteiger partial charge is 0.330 e. The van der Waals surface area contributed by atoms with Crippen molar-refractivity contribution in [3.8, 4) is 11.5 Å². The first-order valence-electron chi connectivity index (χ1n) is 7.37. The summed E-state index contributed by atoms with van der Waals surface area (Å²) in [6, 6.07) is 5.61. The number of carbonyl (C=O) groups is 1. The standard InChI is InChI=1S/C16H21NO4/c1-16(15(18)19-2,17-10-11-3-4-11)12-5-6-13-14(9-12)21-8-7-20-13/h5-6,9,11,17H,3-4,7-8,10H2,1-2H3. The molecule has 1 aliphatic heterocycles. The van der Waals surface area contributed by atoms with E-state index >= 15 is 0 Å². The Hall–Kier alpha value is -1.75. The highest BCUT2D eigenvalue weighted by molar-refractivity contribution is 5.82. The molecule has 5 nitrogen and oxygen atoms in total. The van der Waals surface area contributed by atoms with Crippen LogP contribution in [0.4, 0.5) is 0 Å². The summed E-state index contributed by atoms with van der Waals surface area (Å²) in [6.07, 6.45) is 2.46. The van der Waals surface area contributed by atoms with E-state index in [0.29, 0.717) is 24.9 Å². The van der Waals surface area contributed by atoms with Crippen LogP contribution in [-0.2, 0) is 15.1 Å². The highest BCUT2D eigenvalue weighted by Gasteiger charge is 2.38. The molecular formula is C16H21NO4. The van der Waals surface area contributed by atoms with Crippen LogP contribution < -0.4 is 14.8 Å². The van der Waals surface area contributed by atoms with E-state index in [4.69, 9.17) is 14.2 Å². The molecule has 0 spiro atoms. The van der Waals surface area contributed by atoms with Crippen molar-refractivity contribution in [1.29, 1.82) is 0 Å². The van der Waals surface area contributed by atoms with Crippen molar-refractivity contribution in [3.05, 3.63) is 23.8 Å². The van der Waals surface area contributed by atoms with Gasteiger partial charge in [0, 0.05) is 0 Å². The van der Waals surface area contributed by atoms with E-state index in [1.54, 1.807) is 0 Å². The van der Waals surface area contributed by atoms with Crippen LogP contribution in [0, 0.1) is 5.92 Å². The van der Waals surface area contributed by atoms with Gasteiger partial charge in [-0.15, -0.1) is 0 Å². The van der Waals surface area contributed by atoms with Gasteiger partial charge in [0.15, 0.2) is 11.5 Å². The lowest BCUT2D eigenvalue weighted by atomic mass is 9.91. The first kappa shape index (κ1) is 14.2. The van der Waals surface area contributed by atoms with Crippen molar-refractivity contribution < 1.29 is 19.0 Å². The fourth-order valence-electron chi connectivity index (χ4n) is 2.52. The second-order valence-corrected chi connectivity index (χ2v) is 5.80. The Bertz CT molecular complexity index is 541. The monoisotopic (exact) mass is 291 g/mol. The molecule has 0 saturated heterocycles. The Morgan fingerprint density at radius 2 is 2.05 bits per heavy atom. The number of esters is 1. The predicted octanol–water partition coefficient (Wildman–Crippen LogP) is 1.85. The summed E-state index contributed by atoms with van der Waals surface area (Å²) in [5, 5.41) is 3.36. The molecule has 1 N–H and O–H groups in total. The van der Waals surface area contributed by atoms with E-state index in [9.17, 15) is 4.79 Å². The third-order valence-electron chi connectivity index (χ3n) is 4.15. The van der Waals surface area contributed by atoms with Gasteiger partial charge in [-0.2, -0.15) is 0 Å². The minimum atomic E-state index is -0.868. The lowest BCUT2D eigenvalue weighted by Crippen LogP contribution is -2.48. The predicted molar refractivity (Wildman–Crippen MR) is 77.5 cm³/mol. The number of ether oxygens (including phenoxy) is 3. The third kappa shape index (κ3) is 2.83. The second kappa shape index (κ2) is 5.56. The Morgan fingerprint density at radius 3 is 2.71 bits per heavy atom. The fourth-order valence-corrected chi connectivity index (χ4v) is 2.52. The molecule has 0 amide bonds. The molecule has 0 radical (unpaired) electrons. The summed E-state index contributed by atoms with van der Waals surface area (Å²) in [5.74, 6) is 1.78. The van der Waals surface area contributed by atoms with Crippen molar-refractivity contribution in [3.63, 3.8) is 0 Å². The van der Waals surface area contributed by atoms with E-state index in [1.807, 2.05) is 25.1 Å². The minimum absolute atomic E-state index is 0.292. The van der Waals surface area contributed by atoms with Crippen molar-refractivity contribution in [2.24, 2.45) is 5.92 Å². The van der Waals surface area contributed by atoms with Gasteiger partial charge in [0.05, 0.1) is 7.11 Å². The van der Waals surface area contributed by atoms with Gasteiger partial charge in [-0.3, -0.25) is 5.32 Å². The first-order valence-corrected chi connectivity index (χ1v) is 7.37. The van der Waals surface area contributed by atoms with Crippen LogP contribution in [0.15, 0.2) is 18.2 Å². The van der Waals surface area contributed by atoms with Crippen molar-refractivity contribution in [1.82, 2.24) is 5.32 Å². The SMILES string of the molecule is COC(=O)C(C)(NCC1CC1)c1ccc2c(c1)OCCO2. The minimum Gasteiger partial charge on any atom is -0.486 e. The maximum absolute atomic E-state index is 12.3. The number of hydrogen-bond donors (Lipinski definition) is 1. The van der Waals surface area contributed by atoms with Crippen LogP contribution >= 0.6 is 0 Å². The molecule has 1 atom stereocenters. The van der Waals surface area contributed by atoms with Gasteiger partial charge in [0.2, 0.25) is 0 Å². The topological polar surface area (TPSA) is 56.8 Å². The first-order chi connectivity index (χ1) is 10.1. The summed E-state index contributed by atoms with van der Waals surface area (Å²) in [5.41, 5.74) is -0.0352. The third-order valence-corrected chi connectivity index (χ3v) is 4.15. The number of fused-ring (bicyclic) bond motifs is 1. The molecule has 0 aromatic heterocycles. The molecule has 2 aliphatic rings. The number of nitrogens with one attached hydrogen (secondary N) is 1. The highest BCUT2D eigenvalue weighted by atomic mass is 16.6. The van der Waals surface area contributed by atoms with Gasteiger partial charge in [0.1, 0.15) is 18.8 Å². The molecule has 5 heteroatoms. The number of benzene rings is 1. The molecule has 0 bridgehead atoms. The summed E-state index contributed by atoms with van der Waals surface area (Å²) >= 11 is 0. The Labute approximate surface area is 124 Å². The van der Waals surface area contributed by atoms with Crippen molar-refractivity contribution >= 4 is 5.97 Å². The molecule has 1 aliphatic carbocycles. The van der Waals surface area contributed by atoms with E-state index in [1.165, 1.54) is 20.0 Å². The van der Waals surface area contributed by atoms with Gasteiger partial charge in [0.25, 0.3) is 0 Å². The summed E-state index contributed by atoms with van der Waals surface area (Å²) < 4.78 is 16.1. The van der Waals surface area contributed by atoms with Crippen molar-refractivity contribution in [2.45, 2.75) is 25.3 Å². The molecule has 1 unspecified atom stereocenters. The van der Waals surface area contributed by atoms with Gasteiger partial charge >= 0.3 is 5.97 Å². The molecule has 1 aromatic carbocycles. The molecule has 1 heterocycles. The maximum Gasteiger partial charge on any atom is 0.330 e. The number of carbonyl (C=O) groups excluding carboxylic acids is 1. The Balaban J connectivity index is 1.88. The maximum atomic E-state index is 12.3. The summed E-state index contributed by atoms with van der Waals surface area (Å²) in [4.78, 5) is 12.3. The van der Waals surface area contributed by atoms with Crippen LogP contribution in [0.5, 0.6) is 11.5 Å². The molecule has 1 fully saturated rings. The molecule has 114 valence electrons. The zero-order valence-corrected chi connectivity index (χ0v) is 12.5. The van der Waals surface area contributed by atoms with Crippen LogP contribution in [-0.4, -0.2) is 32.8 Å².